The lowest BCUT2D eigenvalue weighted by Crippen LogP contribution is -2.30. The van der Waals surface area contributed by atoms with Gasteiger partial charge in [0.25, 0.3) is 0 Å². The number of allylic oxidation sites excluding steroid dienone is 24. The Morgan fingerprint density at radius 2 is 0.505 bits per heavy atom. The Kier molecular flexibility index (Phi) is 75.6. The fourth-order valence-electron chi connectivity index (χ4n) is 10.8. The minimum Gasteiger partial charge on any atom is -0.463 e. The molecule has 0 aliphatic carbocycles. The molecule has 5 unspecified atom stereocenters. The lowest BCUT2D eigenvalue weighted by molar-refractivity contribution is -0.161. The molecule has 18 heteroatoms. The van der Waals surface area contributed by atoms with Crippen molar-refractivity contribution in [2.45, 2.75) is 347 Å². The van der Waals surface area contributed by atoms with E-state index in [1.807, 2.05) is 0 Å². The average Bonchev–Trinajstić information content (AvgIpc) is 0.965. The second-order valence-corrected chi connectivity index (χ2v) is 30.1. The van der Waals surface area contributed by atoms with Crippen LogP contribution in [0, 0.1) is 0 Å². The molecule has 4 N–H and O–H groups in total. The van der Waals surface area contributed by atoms with E-state index in [9.17, 15) is 43.5 Å². The molecule has 0 radical (unpaired) electrons. The number of aliphatic hydroxyl groups is 2. The molecular formula is C87H148O16P2. The fourth-order valence-corrected chi connectivity index (χ4v) is 12.4. The highest BCUT2D eigenvalue weighted by atomic mass is 31.2. The molecule has 0 amide bonds. The molecular weight excluding hydrogens is 1360 g/mol. The zero-order chi connectivity index (χ0) is 76.6. The number of unbranched alkanes of at least 4 members (excludes halogenated alkanes) is 30. The van der Waals surface area contributed by atoms with Crippen molar-refractivity contribution in [3.63, 3.8) is 0 Å². The number of hydrogen-bond acceptors (Lipinski definition) is 14. The van der Waals surface area contributed by atoms with E-state index in [1.165, 1.54) is 96.3 Å². The maximum atomic E-state index is 13.0. The molecule has 0 aliphatic rings. The van der Waals surface area contributed by atoms with Crippen molar-refractivity contribution < 1.29 is 75.8 Å². The van der Waals surface area contributed by atoms with Crippen LogP contribution in [0.25, 0.3) is 0 Å². The third-order valence-corrected chi connectivity index (χ3v) is 18.9. The first-order chi connectivity index (χ1) is 51.2. The molecule has 0 aliphatic heterocycles. The molecule has 5 atom stereocenters. The first-order valence-electron chi connectivity index (χ1n) is 41.1. The molecule has 0 saturated heterocycles. The van der Waals surface area contributed by atoms with Gasteiger partial charge in [-0.05, 0) is 148 Å². The highest BCUT2D eigenvalue weighted by molar-refractivity contribution is 7.47. The van der Waals surface area contributed by atoms with Gasteiger partial charge in [-0.25, -0.2) is 9.13 Å². The summed E-state index contributed by atoms with van der Waals surface area (Å²) >= 11 is 0. The predicted molar refractivity (Wildman–Crippen MR) is 436 cm³/mol. The number of ether oxygens (including phenoxy) is 3. The first kappa shape index (κ1) is 100. The molecule has 0 aromatic heterocycles. The van der Waals surface area contributed by atoms with Crippen molar-refractivity contribution in [2.75, 3.05) is 39.6 Å². The van der Waals surface area contributed by atoms with E-state index in [4.69, 9.17) is 32.3 Å². The minimum absolute atomic E-state index is 0.0834. The summed E-state index contributed by atoms with van der Waals surface area (Å²) < 4.78 is 61.2. The molecule has 0 rings (SSSR count). The van der Waals surface area contributed by atoms with Crippen molar-refractivity contribution >= 4 is 33.6 Å². The normalized spacial score (nSPS) is 14.7. The first-order valence-corrected chi connectivity index (χ1v) is 44.1. The molecule has 0 spiro atoms. The van der Waals surface area contributed by atoms with Crippen LogP contribution in [0.5, 0.6) is 0 Å². The van der Waals surface area contributed by atoms with Gasteiger partial charge in [-0.15, -0.1) is 0 Å². The van der Waals surface area contributed by atoms with Gasteiger partial charge in [0.1, 0.15) is 25.4 Å². The number of rotatable bonds is 77. The average molecular weight is 1510 g/mol. The number of esters is 3. The van der Waals surface area contributed by atoms with Crippen LogP contribution in [0.1, 0.15) is 329 Å². The van der Waals surface area contributed by atoms with E-state index < -0.39 is 91.5 Å². The van der Waals surface area contributed by atoms with Crippen LogP contribution >= 0.6 is 15.6 Å². The molecule has 0 bridgehead atoms. The van der Waals surface area contributed by atoms with Crippen LogP contribution in [0.2, 0.25) is 0 Å². The topological polar surface area (TPSA) is 231 Å². The maximum Gasteiger partial charge on any atom is 0.472 e. The molecule has 0 aromatic rings. The highest BCUT2D eigenvalue weighted by Gasteiger charge is 2.29. The van der Waals surface area contributed by atoms with Crippen molar-refractivity contribution in [1.82, 2.24) is 0 Å². The third-order valence-electron chi connectivity index (χ3n) is 17.0. The number of aliphatic hydroxyl groups excluding tert-OH is 2. The van der Waals surface area contributed by atoms with Crippen LogP contribution in [0.15, 0.2) is 146 Å². The monoisotopic (exact) mass is 1510 g/mol. The Hall–Kier alpha value is -4.57. The SMILES string of the molecule is CC/C=C\C/C=C\C/C=C\C/C=C\C/C=C\C/C=C\CCCCCCCCCCCCCCC(=O)OCC(O)COP(=O)(O)OCC(O)COP(=O)(O)OCC(COC(=O)CCCCCCCCC/C=C\C/C=C\C/C=C\C/C=C\CCCCC)OC(=O)CCCCCCC/C=C\C/C=C\CCCCC. The Labute approximate surface area is 638 Å². The summed E-state index contributed by atoms with van der Waals surface area (Å²) in [5, 5.41) is 20.7. The summed E-state index contributed by atoms with van der Waals surface area (Å²) in [6.45, 7) is 2.49. The number of phosphoric ester groups is 2. The summed E-state index contributed by atoms with van der Waals surface area (Å²) in [4.78, 5) is 58.7. The minimum atomic E-state index is -4.94. The van der Waals surface area contributed by atoms with Gasteiger partial charge in [0, 0.05) is 19.3 Å². The Morgan fingerprint density at radius 1 is 0.276 bits per heavy atom. The van der Waals surface area contributed by atoms with E-state index in [0.29, 0.717) is 19.3 Å². The van der Waals surface area contributed by atoms with Crippen LogP contribution in [-0.4, -0.2) is 95.9 Å². The predicted octanol–water partition coefficient (Wildman–Crippen LogP) is 24.4. The molecule has 0 aromatic carbocycles. The van der Waals surface area contributed by atoms with E-state index in [1.54, 1.807) is 0 Å². The maximum absolute atomic E-state index is 13.0. The van der Waals surface area contributed by atoms with Gasteiger partial charge in [0.05, 0.1) is 26.4 Å². The van der Waals surface area contributed by atoms with Crippen molar-refractivity contribution in [1.29, 1.82) is 0 Å². The second-order valence-electron chi connectivity index (χ2n) is 27.2. The van der Waals surface area contributed by atoms with Crippen LogP contribution < -0.4 is 0 Å². The highest BCUT2D eigenvalue weighted by Crippen LogP contribution is 2.45. The van der Waals surface area contributed by atoms with Gasteiger partial charge in [-0.1, -0.05) is 308 Å². The number of carbonyl (C=O) groups is 3. The van der Waals surface area contributed by atoms with Crippen molar-refractivity contribution in [3.8, 4) is 0 Å². The standard InChI is InChI=1S/C87H148O16P2/c1-4-7-10-13-16-19-22-25-28-30-32-34-36-37-38-39-40-41-42-43-45-47-48-50-53-55-58-61-64-67-70-73-85(90)97-76-82(88)77-99-104(93,94)100-78-83(89)79-101-105(95,96)102-81-84(103-87(92)75-72-69-66-63-60-57-52-27-24-21-18-15-12-9-6-3)80-98-86(91)74-71-68-65-62-59-56-54-51-49-46-44-35-33-31-29-26-23-20-17-14-11-8-5-2/h7,10,16-21,25-29,32-35,37-38,40-41,46,49,52,82-84,88-89H,4-6,8-9,11-15,22-24,30-31,36,39,42-45,47-48,50-51,53-81H2,1-3H3,(H,93,94)(H,95,96)/b10-7-,19-16-,20-17-,21-18-,28-25-,29-26-,34-32-,35-33-,38-37-,41-40-,49-46-,52-27-. The summed E-state index contributed by atoms with van der Waals surface area (Å²) in [7, 11) is -9.80. The van der Waals surface area contributed by atoms with Crippen LogP contribution in [-0.2, 0) is 55.8 Å². The van der Waals surface area contributed by atoms with Gasteiger partial charge < -0.3 is 34.2 Å². The van der Waals surface area contributed by atoms with Gasteiger partial charge in [-0.2, -0.15) is 0 Å². The van der Waals surface area contributed by atoms with Gasteiger partial charge in [0.15, 0.2) is 6.10 Å². The molecule has 0 fully saturated rings. The number of hydrogen-bond donors (Lipinski definition) is 4. The lowest BCUT2D eigenvalue weighted by atomic mass is 10.0. The zero-order valence-electron chi connectivity index (χ0n) is 65.9. The fraction of sp³-hybridized carbons (Fsp3) is 0.690. The van der Waals surface area contributed by atoms with Crippen molar-refractivity contribution in [2.24, 2.45) is 0 Å². The molecule has 0 heterocycles. The molecule has 602 valence electrons. The Bertz CT molecular complexity index is 2490. The summed E-state index contributed by atoms with van der Waals surface area (Å²) in [5.74, 6) is -1.60. The van der Waals surface area contributed by atoms with Crippen LogP contribution in [0.4, 0.5) is 0 Å². The van der Waals surface area contributed by atoms with Gasteiger partial charge in [-0.3, -0.25) is 32.5 Å². The summed E-state index contributed by atoms with van der Waals surface area (Å²) in [6.07, 6.45) is 97.5. The van der Waals surface area contributed by atoms with E-state index in [-0.39, 0.29) is 19.3 Å². The summed E-state index contributed by atoms with van der Waals surface area (Å²) in [6, 6.07) is 0. The van der Waals surface area contributed by atoms with Gasteiger partial charge in [0.2, 0.25) is 0 Å². The number of carbonyl (C=O) groups excluding carboxylic acids is 3. The molecule has 105 heavy (non-hydrogen) atoms. The van der Waals surface area contributed by atoms with E-state index >= 15 is 0 Å². The third kappa shape index (κ3) is 80.3. The largest absolute Gasteiger partial charge is 0.472 e. The van der Waals surface area contributed by atoms with Crippen molar-refractivity contribution in [3.05, 3.63) is 146 Å². The Morgan fingerprint density at radius 3 is 0.800 bits per heavy atom. The van der Waals surface area contributed by atoms with Gasteiger partial charge >= 0.3 is 33.6 Å². The summed E-state index contributed by atoms with van der Waals surface area (Å²) in [5.41, 5.74) is 0. The second kappa shape index (κ2) is 79.0. The molecule has 16 nitrogen and oxygen atoms in total. The quantitative estimate of drug-likeness (QED) is 0.0146. The van der Waals surface area contributed by atoms with Crippen LogP contribution in [0.3, 0.4) is 0 Å². The zero-order valence-corrected chi connectivity index (χ0v) is 67.6. The number of phosphoric acid groups is 2. The van der Waals surface area contributed by atoms with E-state index in [2.05, 4.69) is 167 Å². The van der Waals surface area contributed by atoms with E-state index in [0.717, 1.165) is 173 Å². The smallest absolute Gasteiger partial charge is 0.463 e. The molecule has 0 saturated carbocycles. The lowest BCUT2D eigenvalue weighted by Gasteiger charge is -2.21. The Balaban J connectivity index is 4.53.